The molecule has 0 bridgehead atoms. The summed E-state index contributed by atoms with van der Waals surface area (Å²) in [6, 6.07) is 5.33. The number of amides is 1. The monoisotopic (exact) mass is 293 g/mol. The van der Waals surface area contributed by atoms with Crippen LogP contribution in [-0.4, -0.2) is 41.3 Å². The average molecular weight is 293 g/mol. The molecule has 1 aliphatic heterocycles. The van der Waals surface area contributed by atoms with E-state index in [0.29, 0.717) is 18.8 Å². The molecule has 6 heteroatoms. The highest BCUT2D eigenvalue weighted by molar-refractivity contribution is 5.85. The molecular formula is C15H19NO5. The van der Waals surface area contributed by atoms with Crippen LogP contribution in [0.5, 0.6) is 5.75 Å². The molecule has 114 valence electrons. The Morgan fingerprint density at radius 3 is 2.62 bits per heavy atom. The van der Waals surface area contributed by atoms with E-state index >= 15 is 0 Å². The third-order valence-corrected chi connectivity index (χ3v) is 3.55. The minimum Gasteiger partial charge on any atom is -0.508 e. The fraction of sp³-hybridized carbons (Fsp3) is 0.467. The Kier molecular flexibility index (Phi) is 5.16. The highest BCUT2D eigenvalue weighted by Gasteiger charge is 2.31. The van der Waals surface area contributed by atoms with Crippen LogP contribution in [0.15, 0.2) is 24.3 Å². The number of aromatic hydroxyl groups is 1. The van der Waals surface area contributed by atoms with E-state index in [1.54, 1.807) is 12.1 Å². The van der Waals surface area contributed by atoms with Crippen molar-refractivity contribution in [1.29, 1.82) is 0 Å². The van der Waals surface area contributed by atoms with Crippen molar-refractivity contribution in [2.24, 2.45) is 5.92 Å². The predicted octanol–water partition coefficient (Wildman–Crippen LogP) is 0.931. The maximum atomic E-state index is 12.0. The second-order valence-corrected chi connectivity index (χ2v) is 5.20. The third-order valence-electron chi connectivity index (χ3n) is 3.55. The number of rotatable bonds is 5. The topological polar surface area (TPSA) is 95.9 Å². The van der Waals surface area contributed by atoms with Gasteiger partial charge in [0, 0.05) is 12.5 Å². The molecular weight excluding hydrogens is 274 g/mol. The first-order chi connectivity index (χ1) is 10.1. The molecule has 3 N–H and O–H groups in total. The van der Waals surface area contributed by atoms with Crippen molar-refractivity contribution in [2.45, 2.75) is 25.3 Å². The summed E-state index contributed by atoms with van der Waals surface area (Å²) in [4.78, 5) is 23.3. The molecule has 1 fully saturated rings. The predicted molar refractivity (Wildman–Crippen MR) is 74.9 cm³/mol. The summed E-state index contributed by atoms with van der Waals surface area (Å²) < 4.78 is 5.28. The van der Waals surface area contributed by atoms with Gasteiger partial charge in [-0.25, -0.2) is 4.79 Å². The summed E-state index contributed by atoms with van der Waals surface area (Å²) >= 11 is 0. The number of carboxylic acids is 1. The van der Waals surface area contributed by atoms with Crippen molar-refractivity contribution < 1.29 is 24.5 Å². The number of phenolic OH excluding ortho intramolecular Hbond substituents is 1. The number of carbonyl (C=O) groups is 2. The van der Waals surface area contributed by atoms with Crippen LogP contribution in [0.1, 0.15) is 18.4 Å². The van der Waals surface area contributed by atoms with E-state index in [-0.39, 0.29) is 24.0 Å². The standard InChI is InChI=1S/C15H19NO5/c17-12-5-3-10(4-6-12)8-13(18)16-14(15(19)20)11-2-1-7-21-9-11/h3-6,11,14,17H,1-2,7-9H2,(H,16,18)(H,19,20). The maximum Gasteiger partial charge on any atom is 0.326 e. The van der Waals surface area contributed by atoms with Gasteiger partial charge in [0.25, 0.3) is 0 Å². The van der Waals surface area contributed by atoms with Gasteiger partial charge in [0.2, 0.25) is 5.91 Å². The van der Waals surface area contributed by atoms with Crippen molar-refractivity contribution in [3.63, 3.8) is 0 Å². The van der Waals surface area contributed by atoms with Crippen molar-refractivity contribution in [3.05, 3.63) is 29.8 Å². The highest BCUT2D eigenvalue weighted by atomic mass is 16.5. The van der Waals surface area contributed by atoms with Gasteiger partial charge in [0.1, 0.15) is 11.8 Å². The number of carbonyl (C=O) groups excluding carboxylic acids is 1. The molecule has 0 aromatic heterocycles. The third kappa shape index (κ3) is 4.46. The molecule has 0 aliphatic carbocycles. The lowest BCUT2D eigenvalue weighted by Crippen LogP contribution is -2.48. The van der Waals surface area contributed by atoms with Gasteiger partial charge in [-0.1, -0.05) is 12.1 Å². The Hall–Kier alpha value is -2.08. The summed E-state index contributed by atoms with van der Waals surface area (Å²) in [6.07, 6.45) is 1.62. The molecule has 1 heterocycles. The summed E-state index contributed by atoms with van der Waals surface area (Å²) in [7, 11) is 0. The summed E-state index contributed by atoms with van der Waals surface area (Å²) in [5.74, 6) is -1.45. The molecule has 2 atom stereocenters. The van der Waals surface area contributed by atoms with Crippen LogP contribution in [0.4, 0.5) is 0 Å². The highest BCUT2D eigenvalue weighted by Crippen LogP contribution is 2.18. The first kappa shape index (κ1) is 15.3. The van der Waals surface area contributed by atoms with Gasteiger partial charge >= 0.3 is 5.97 Å². The summed E-state index contributed by atoms with van der Waals surface area (Å²) in [5, 5.41) is 21.0. The van der Waals surface area contributed by atoms with Crippen LogP contribution in [0.3, 0.4) is 0 Å². The molecule has 1 aliphatic rings. The summed E-state index contributed by atoms with van der Waals surface area (Å²) in [6.45, 7) is 1.00. The Labute approximate surface area is 122 Å². The molecule has 1 aromatic carbocycles. The lowest BCUT2D eigenvalue weighted by atomic mass is 9.93. The molecule has 0 spiro atoms. The lowest BCUT2D eigenvalue weighted by molar-refractivity contribution is -0.145. The first-order valence-electron chi connectivity index (χ1n) is 6.94. The van der Waals surface area contributed by atoms with Crippen LogP contribution in [0.25, 0.3) is 0 Å². The summed E-state index contributed by atoms with van der Waals surface area (Å²) in [5.41, 5.74) is 0.717. The van der Waals surface area contributed by atoms with Gasteiger partial charge in [-0.05, 0) is 30.5 Å². The van der Waals surface area contributed by atoms with Gasteiger partial charge in [-0.15, -0.1) is 0 Å². The van der Waals surface area contributed by atoms with Gasteiger partial charge in [0.05, 0.1) is 13.0 Å². The largest absolute Gasteiger partial charge is 0.508 e. The Balaban J connectivity index is 1.94. The minimum atomic E-state index is -1.04. The number of carboxylic acid groups (broad SMARTS) is 1. The molecule has 0 saturated carbocycles. The zero-order chi connectivity index (χ0) is 15.2. The van der Waals surface area contributed by atoms with Gasteiger partial charge in [0.15, 0.2) is 0 Å². The van der Waals surface area contributed by atoms with Crippen molar-refractivity contribution in [1.82, 2.24) is 5.32 Å². The molecule has 1 amide bonds. The van der Waals surface area contributed by atoms with E-state index in [4.69, 9.17) is 4.74 Å². The quantitative estimate of drug-likeness (QED) is 0.750. The fourth-order valence-electron chi connectivity index (χ4n) is 2.43. The number of hydrogen-bond acceptors (Lipinski definition) is 4. The molecule has 0 radical (unpaired) electrons. The number of aliphatic carboxylic acids is 1. The van der Waals surface area contributed by atoms with Gasteiger partial charge in [-0.3, -0.25) is 4.79 Å². The lowest BCUT2D eigenvalue weighted by Gasteiger charge is -2.28. The number of phenols is 1. The van der Waals surface area contributed by atoms with E-state index in [0.717, 1.165) is 12.8 Å². The second kappa shape index (κ2) is 7.08. The van der Waals surface area contributed by atoms with E-state index < -0.39 is 12.0 Å². The number of nitrogens with one attached hydrogen (secondary N) is 1. The smallest absolute Gasteiger partial charge is 0.326 e. The van der Waals surface area contributed by atoms with Crippen LogP contribution in [0.2, 0.25) is 0 Å². The number of ether oxygens (including phenoxy) is 1. The zero-order valence-electron chi connectivity index (χ0n) is 11.6. The van der Waals surface area contributed by atoms with Crippen molar-refractivity contribution >= 4 is 11.9 Å². The Bertz CT molecular complexity index is 493. The molecule has 1 aromatic rings. The van der Waals surface area contributed by atoms with Crippen molar-refractivity contribution in [3.8, 4) is 5.75 Å². The van der Waals surface area contributed by atoms with Crippen molar-refractivity contribution in [2.75, 3.05) is 13.2 Å². The minimum absolute atomic E-state index is 0.0810. The fourth-order valence-corrected chi connectivity index (χ4v) is 2.43. The Morgan fingerprint density at radius 2 is 2.05 bits per heavy atom. The molecule has 21 heavy (non-hydrogen) atoms. The zero-order valence-corrected chi connectivity index (χ0v) is 11.6. The van der Waals surface area contributed by atoms with Gasteiger partial charge < -0.3 is 20.3 Å². The molecule has 2 rings (SSSR count). The van der Waals surface area contributed by atoms with Crippen LogP contribution < -0.4 is 5.32 Å². The van der Waals surface area contributed by atoms with E-state index in [2.05, 4.69) is 5.32 Å². The van der Waals surface area contributed by atoms with Crippen LogP contribution >= 0.6 is 0 Å². The van der Waals surface area contributed by atoms with Crippen LogP contribution in [-0.2, 0) is 20.7 Å². The number of benzene rings is 1. The average Bonchev–Trinajstić information content (AvgIpc) is 2.48. The Morgan fingerprint density at radius 1 is 1.33 bits per heavy atom. The second-order valence-electron chi connectivity index (χ2n) is 5.20. The normalized spacial score (nSPS) is 19.7. The van der Waals surface area contributed by atoms with Gasteiger partial charge in [-0.2, -0.15) is 0 Å². The number of hydrogen-bond donors (Lipinski definition) is 3. The SMILES string of the molecule is O=C(Cc1ccc(O)cc1)NC(C(=O)O)C1CCCOC1. The van der Waals surface area contributed by atoms with Crippen LogP contribution in [0, 0.1) is 5.92 Å². The first-order valence-corrected chi connectivity index (χ1v) is 6.94. The molecule has 6 nitrogen and oxygen atoms in total. The molecule has 1 saturated heterocycles. The van der Waals surface area contributed by atoms with E-state index in [1.165, 1.54) is 12.1 Å². The van der Waals surface area contributed by atoms with E-state index in [1.807, 2.05) is 0 Å². The van der Waals surface area contributed by atoms with E-state index in [9.17, 15) is 19.8 Å². The molecule has 2 unspecified atom stereocenters. The maximum absolute atomic E-state index is 12.0.